The number of phenolic OH excluding ortho intramolecular Hbond substituents is 1. The summed E-state index contributed by atoms with van der Waals surface area (Å²) in [7, 11) is 0. The van der Waals surface area contributed by atoms with Gasteiger partial charge in [-0.2, -0.15) is 0 Å². The van der Waals surface area contributed by atoms with Crippen LogP contribution < -0.4 is 14.4 Å². The first-order valence-electron chi connectivity index (χ1n) is 20.9. The van der Waals surface area contributed by atoms with Gasteiger partial charge < -0.3 is 33.4 Å². The normalized spacial score (nSPS) is 17.6. The molecule has 59 heavy (non-hydrogen) atoms. The van der Waals surface area contributed by atoms with E-state index < -0.39 is 0 Å². The second kappa shape index (κ2) is 15.3. The maximum absolute atomic E-state index is 15.4. The molecule has 6 heterocycles. The molecule has 0 saturated carbocycles. The SMILES string of the molecule is CC(C)n1ccc2ccc(N(C(=O)c3cc(-c4cc5c(cc4C(=O)N4Cc6ccccc6C[C@H]4CN4CCOCC4)OCO5)n4c3CCCC4)c3ccc(O)cc3)cc21. The fourth-order valence-electron chi connectivity index (χ4n) is 9.47. The molecule has 6 aromatic rings. The molecule has 11 nitrogen and oxygen atoms in total. The maximum atomic E-state index is 15.4. The zero-order valence-corrected chi connectivity index (χ0v) is 33.6. The standard InChI is InChI=1S/C48H49N5O6/c1-31(2)50-18-16-32-10-11-36(24-43(32)50)53(35-12-14-38(54)15-13-35)48(56)41-25-44(51-17-6-5-9-42(41)51)39-26-45-46(59-30-58-45)27-40(39)47(55)52-28-34-8-4-3-7-33(34)23-37(52)29-49-19-21-57-22-20-49/h3-4,7-8,10-16,18,24-27,31,37,54H,5-6,9,17,19-23,28-30H2,1-2H3/t37-/m0/s1. The lowest BCUT2D eigenvalue weighted by Gasteiger charge is -2.40. The summed E-state index contributed by atoms with van der Waals surface area (Å²) >= 11 is 0. The topological polar surface area (TPSA) is 102 Å². The number of aromatic nitrogens is 2. The number of hydrogen-bond acceptors (Lipinski definition) is 7. The van der Waals surface area contributed by atoms with Gasteiger partial charge in [0, 0.05) is 73.6 Å². The van der Waals surface area contributed by atoms with E-state index in [2.05, 4.69) is 70.5 Å². The molecule has 302 valence electrons. The van der Waals surface area contributed by atoms with Gasteiger partial charge in [0.2, 0.25) is 6.79 Å². The molecule has 2 amide bonds. The average molecular weight is 792 g/mol. The summed E-state index contributed by atoms with van der Waals surface area (Å²) in [6.07, 6.45) is 5.46. The Labute approximate surface area is 343 Å². The van der Waals surface area contributed by atoms with Gasteiger partial charge in [0.25, 0.3) is 11.8 Å². The van der Waals surface area contributed by atoms with Crippen LogP contribution in [0.4, 0.5) is 11.4 Å². The Morgan fingerprint density at radius 3 is 2.39 bits per heavy atom. The molecule has 11 heteroatoms. The van der Waals surface area contributed by atoms with Gasteiger partial charge in [0.05, 0.1) is 35.5 Å². The van der Waals surface area contributed by atoms with Crippen LogP contribution in [0, 0.1) is 0 Å². The summed E-state index contributed by atoms with van der Waals surface area (Å²) < 4.78 is 22.0. The third-order valence-electron chi connectivity index (χ3n) is 12.5. The van der Waals surface area contributed by atoms with Crippen LogP contribution in [0.15, 0.2) is 97.2 Å². The molecule has 4 aliphatic heterocycles. The van der Waals surface area contributed by atoms with E-state index in [0.717, 1.165) is 84.4 Å². The fraction of sp³-hybridized carbons (Fsp3) is 0.333. The predicted octanol–water partition coefficient (Wildman–Crippen LogP) is 8.34. The van der Waals surface area contributed by atoms with Crippen molar-refractivity contribution in [2.75, 3.05) is 44.5 Å². The van der Waals surface area contributed by atoms with E-state index in [4.69, 9.17) is 14.2 Å². The number of carbonyl (C=O) groups is 2. The third-order valence-corrected chi connectivity index (χ3v) is 12.5. The summed E-state index contributed by atoms with van der Waals surface area (Å²) in [6, 6.07) is 29.4. The van der Waals surface area contributed by atoms with Crippen molar-refractivity contribution in [1.29, 1.82) is 0 Å². The molecule has 0 unspecified atom stereocenters. The van der Waals surface area contributed by atoms with Gasteiger partial charge in [-0.3, -0.25) is 19.4 Å². The largest absolute Gasteiger partial charge is 0.508 e. The molecule has 2 aromatic heterocycles. The van der Waals surface area contributed by atoms with Crippen LogP contribution in [0.25, 0.3) is 22.2 Å². The van der Waals surface area contributed by atoms with Crippen molar-refractivity contribution in [2.24, 2.45) is 0 Å². The van der Waals surface area contributed by atoms with Crippen LogP contribution in [-0.2, 0) is 30.7 Å². The number of carbonyl (C=O) groups excluding carboxylic acids is 2. The Morgan fingerprint density at radius 1 is 0.831 bits per heavy atom. The number of aromatic hydroxyl groups is 1. The Kier molecular flexibility index (Phi) is 9.65. The Bertz CT molecular complexity index is 2570. The number of phenols is 1. The predicted molar refractivity (Wildman–Crippen MR) is 227 cm³/mol. The highest BCUT2D eigenvalue weighted by molar-refractivity contribution is 6.13. The average Bonchev–Trinajstić information content (AvgIpc) is 4.01. The van der Waals surface area contributed by atoms with Gasteiger partial charge >= 0.3 is 0 Å². The molecule has 1 saturated heterocycles. The lowest BCUT2D eigenvalue weighted by atomic mass is 9.92. The lowest BCUT2D eigenvalue weighted by molar-refractivity contribution is 0.0193. The molecule has 10 rings (SSSR count). The smallest absolute Gasteiger partial charge is 0.264 e. The van der Waals surface area contributed by atoms with Crippen molar-refractivity contribution in [1.82, 2.24) is 18.9 Å². The van der Waals surface area contributed by atoms with Gasteiger partial charge in [-0.05, 0) is 117 Å². The van der Waals surface area contributed by atoms with Crippen molar-refractivity contribution < 1.29 is 28.9 Å². The summed E-state index contributed by atoms with van der Waals surface area (Å²) in [5.41, 5.74) is 8.41. The van der Waals surface area contributed by atoms with Gasteiger partial charge in [-0.1, -0.05) is 30.3 Å². The number of hydrogen-bond donors (Lipinski definition) is 1. The number of fused-ring (bicyclic) bond motifs is 4. The molecule has 0 radical (unpaired) electrons. The lowest BCUT2D eigenvalue weighted by Crippen LogP contribution is -2.52. The molecular weight excluding hydrogens is 743 g/mol. The highest BCUT2D eigenvalue weighted by atomic mass is 16.7. The number of nitrogens with zero attached hydrogens (tertiary/aromatic N) is 5. The molecule has 0 aliphatic carbocycles. The third kappa shape index (κ3) is 6.81. The van der Waals surface area contributed by atoms with Gasteiger partial charge in [-0.15, -0.1) is 0 Å². The molecule has 0 bridgehead atoms. The van der Waals surface area contributed by atoms with Crippen molar-refractivity contribution in [3.05, 3.63) is 125 Å². The van der Waals surface area contributed by atoms with E-state index in [1.807, 2.05) is 35.2 Å². The van der Waals surface area contributed by atoms with Crippen LogP contribution in [0.3, 0.4) is 0 Å². The number of benzene rings is 4. The molecule has 4 aliphatic rings. The molecule has 1 atom stereocenters. The second-order valence-corrected chi connectivity index (χ2v) is 16.4. The van der Waals surface area contributed by atoms with Crippen molar-refractivity contribution in [3.8, 4) is 28.5 Å². The van der Waals surface area contributed by atoms with Crippen molar-refractivity contribution >= 4 is 34.1 Å². The van der Waals surface area contributed by atoms with Crippen LogP contribution in [0.1, 0.15) is 70.3 Å². The first-order valence-corrected chi connectivity index (χ1v) is 20.9. The molecule has 0 spiro atoms. The second-order valence-electron chi connectivity index (χ2n) is 16.4. The molecule has 1 N–H and O–H groups in total. The van der Waals surface area contributed by atoms with E-state index in [1.54, 1.807) is 29.2 Å². The van der Waals surface area contributed by atoms with Gasteiger partial charge in [-0.25, -0.2) is 0 Å². The van der Waals surface area contributed by atoms with Crippen molar-refractivity contribution in [3.63, 3.8) is 0 Å². The summed E-state index contributed by atoms with van der Waals surface area (Å²) in [5, 5.41) is 11.4. The number of morpholine rings is 1. The zero-order chi connectivity index (χ0) is 40.2. The van der Waals surface area contributed by atoms with E-state index in [-0.39, 0.29) is 36.4 Å². The van der Waals surface area contributed by atoms with Crippen LogP contribution >= 0.6 is 0 Å². The Hall–Kier alpha value is -6.04. The van der Waals surface area contributed by atoms with E-state index in [0.29, 0.717) is 54.6 Å². The van der Waals surface area contributed by atoms with E-state index >= 15 is 9.59 Å². The highest BCUT2D eigenvalue weighted by Gasteiger charge is 2.36. The highest BCUT2D eigenvalue weighted by Crippen LogP contribution is 2.43. The first-order chi connectivity index (χ1) is 28.8. The fourth-order valence-corrected chi connectivity index (χ4v) is 9.47. The first kappa shape index (κ1) is 37.2. The van der Waals surface area contributed by atoms with Crippen LogP contribution in [0.5, 0.6) is 17.2 Å². The summed E-state index contributed by atoms with van der Waals surface area (Å²) in [6.45, 7) is 9.38. The zero-order valence-electron chi connectivity index (χ0n) is 33.6. The quantitative estimate of drug-likeness (QED) is 0.166. The van der Waals surface area contributed by atoms with E-state index in [1.165, 1.54) is 5.56 Å². The summed E-state index contributed by atoms with van der Waals surface area (Å²) in [4.78, 5) is 36.9. The number of ether oxygens (including phenoxy) is 3. The molecular formula is C48H49N5O6. The Morgan fingerprint density at radius 2 is 1.59 bits per heavy atom. The number of amides is 2. The number of anilines is 2. The van der Waals surface area contributed by atoms with Gasteiger partial charge in [0.15, 0.2) is 11.5 Å². The monoisotopic (exact) mass is 791 g/mol. The summed E-state index contributed by atoms with van der Waals surface area (Å²) in [5.74, 6) is 0.995. The van der Waals surface area contributed by atoms with E-state index in [9.17, 15) is 5.11 Å². The van der Waals surface area contributed by atoms with Gasteiger partial charge in [0.1, 0.15) is 5.75 Å². The minimum atomic E-state index is -0.179. The maximum Gasteiger partial charge on any atom is 0.264 e. The van der Waals surface area contributed by atoms with Crippen LogP contribution in [-0.4, -0.2) is 81.5 Å². The molecule has 4 aromatic carbocycles. The number of rotatable bonds is 8. The Balaban J connectivity index is 1.09. The minimum absolute atomic E-state index is 0.0415. The van der Waals surface area contributed by atoms with Crippen molar-refractivity contribution in [2.45, 2.75) is 64.7 Å². The molecule has 1 fully saturated rings. The minimum Gasteiger partial charge on any atom is -0.508 e. The van der Waals surface area contributed by atoms with Crippen LogP contribution in [0.2, 0.25) is 0 Å².